The fourth-order valence-corrected chi connectivity index (χ4v) is 4.73. The predicted molar refractivity (Wildman–Crippen MR) is 159 cm³/mol. The Bertz CT molecular complexity index is 1650. The first kappa shape index (κ1) is 27.4. The van der Waals surface area contributed by atoms with Crippen molar-refractivity contribution >= 4 is 35.3 Å². The Morgan fingerprint density at radius 1 is 0.878 bits per heavy atom. The minimum absolute atomic E-state index is 0.0783. The minimum Gasteiger partial charge on any atom is -0.496 e. The molecule has 2 N–H and O–H groups in total. The van der Waals surface area contributed by atoms with Crippen molar-refractivity contribution in [2.75, 3.05) is 12.4 Å². The van der Waals surface area contributed by atoms with Crippen LogP contribution in [0.2, 0.25) is 0 Å². The molecule has 0 atom stereocenters. The molecule has 0 bridgehead atoms. The fourth-order valence-electron chi connectivity index (χ4n) is 3.93. The molecule has 4 aromatic carbocycles. The van der Waals surface area contributed by atoms with E-state index in [2.05, 4.69) is 26.2 Å². The second-order valence-corrected chi connectivity index (χ2v) is 9.78. The summed E-state index contributed by atoms with van der Waals surface area (Å²) in [5, 5.41) is 17.7. The van der Waals surface area contributed by atoms with Crippen LogP contribution >= 0.6 is 11.8 Å². The molecule has 0 fully saturated rings. The van der Waals surface area contributed by atoms with Gasteiger partial charge in [-0.1, -0.05) is 54.6 Å². The van der Waals surface area contributed by atoms with Crippen LogP contribution in [0.1, 0.15) is 21.7 Å². The summed E-state index contributed by atoms with van der Waals surface area (Å²) in [6.45, 7) is 0. The lowest BCUT2D eigenvalue weighted by atomic mass is 10.1. The van der Waals surface area contributed by atoms with E-state index in [1.165, 1.54) is 0 Å². The van der Waals surface area contributed by atoms with Crippen molar-refractivity contribution in [3.63, 3.8) is 0 Å². The molecule has 9 nitrogen and oxygen atoms in total. The van der Waals surface area contributed by atoms with E-state index in [9.17, 15) is 9.59 Å². The lowest BCUT2D eigenvalue weighted by Gasteiger charge is -2.13. The molecule has 0 saturated carbocycles. The standard InChI is InChI=1S/C31H26N6O3S/c1-40-28-15-9-8-12-23(28)20-27(33-30(38)22-10-4-2-5-11-22)31(39)32-24-16-18-26(19-17-24)41-21-29-34-35-36-37(29)25-13-6-3-7-14-25/h2-20H,21H2,1H3,(H,32,39)(H,33,38)/b27-20-. The van der Waals surface area contributed by atoms with Crippen molar-refractivity contribution in [3.8, 4) is 11.4 Å². The van der Waals surface area contributed by atoms with E-state index in [4.69, 9.17) is 4.74 Å². The second kappa shape index (κ2) is 13.2. The molecule has 1 heterocycles. The van der Waals surface area contributed by atoms with Crippen molar-refractivity contribution in [3.05, 3.63) is 132 Å². The van der Waals surface area contributed by atoms with Crippen LogP contribution in [-0.2, 0) is 10.5 Å². The number of aromatic nitrogens is 4. The van der Waals surface area contributed by atoms with E-state index in [0.29, 0.717) is 28.3 Å². The molecule has 1 aromatic heterocycles. The third kappa shape index (κ3) is 7.06. The molecular formula is C31H26N6O3S. The summed E-state index contributed by atoms with van der Waals surface area (Å²) in [6, 6.07) is 33.1. The smallest absolute Gasteiger partial charge is 0.272 e. The van der Waals surface area contributed by atoms with Gasteiger partial charge in [0.1, 0.15) is 11.4 Å². The number of hydrogen-bond acceptors (Lipinski definition) is 7. The number of nitrogens with one attached hydrogen (secondary N) is 2. The van der Waals surface area contributed by atoms with Gasteiger partial charge in [0.05, 0.1) is 18.6 Å². The SMILES string of the molecule is COc1ccccc1/C=C(\NC(=O)c1ccccc1)C(=O)Nc1ccc(SCc2nnnn2-c2ccccc2)cc1. The first-order valence-corrected chi connectivity index (χ1v) is 13.7. The number of tetrazole rings is 1. The second-order valence-electron chi connectivity index (χ2n) is 8.73. The number of methoxy groups -OCH3 is 1. The zero-order chi connectivity index (χ0) is 28.4. The molecule has 0 spiro atoms. The van der Waals surface area contributed by atoms with Crippen molar-refractivity contribution in [2.45, 2.75) is 10.6 Å². The summed E-state index contributed by atoms with van der Waals surface area (Å²) in [7, 11) is 1.55. The number of rotatable bonds is 10. The van der Waals surface area contributed by atoms with E-state index >= 15 is 0 Å². The van der Waals surface area contributed by atoms with Crippen LogP contribution < -0.4 is 15.4 Å². The van der Waals surface area contributed by atoms with E-state index in [-0.39, 0.29) is 5.70 Å². The van der Waals surface area contributed by atoms with Crippen LogP contribution in [0.4, 0.5) is 5.69 Å². The Morgan fingerprint density at radius 2 is 1.56 bits per heavy atom. The largest absolute Gasteiger partial charge is 0.496 e. The van der Waals surface area contributed by atoms with Crippen molar-refractivity contribution in [1.29, 1.82) is 0 Å². The van der Waals surface area contributed by atoms with Gasteiger partial charge in [0.15, 0.2) is 5.82 Å². The predicted octanol–water partition coefficient (Wildman–Crippen LogP) is 5.37. The highest BCUT2D eigenvalue weighted by atomic mass is 32.2. The summed E-state index contributed by atoms with van der Waals surface area (Å²) in [5.74, 6) is 0.990. The highest BCUT2D eigenvalue weighted by Crippen LogP contribution is 2.25. The number of benzene rings is 4. The van der Waals surface area contributed by atoms with Crippen molar-refractivity contribution < 1.29 is 14.3 Å². The maximum atomic E-state index is 13.4. The van der Waals surface area contributed by atoms with Gasteiger partial charge < -0.3 is 15.4 Å². The van der Waals surface area contributed by atoms with Gasteiger partial charge in [-0.2, -0.15) is 4.68 Å². The van der Waals surface area contributed by atoms with Gasteiger partial charge in [-0.25, -0.2) is 0 Å². The monoisotopic (exact) mass is 562 g/mol. The number of nitrogens with zero attached hydrogens (tertiary/aromatic N) is 4. The lowest BCUT2D eigenvalue weighted by Crippen LogP contribution is -2.30. The van der Waals surface area contributed by atoms with E-state index in [0.717, 1.165) is 16.4 Å². The van der Waals surface area contributed by atoms with Crippen molar-refractivity contribution in [2.24, 2.45) is 0 Å². The molecule has 0 saturated heterocycles. The van der Waals surface area contributed by atoms with E-state index < -0.39 is 11.8 Å². The van der Waals surface area contributed by atoms with Gasteiger partial charge in [0, 0.05) is 21.7 Å². The van der Waals surface area contributed by atoms with Crippen LogP contribution in [0.25, 0.3) is 11.8 Å². The Kier molecular flexibility index (Phi) is 8.82. The molecule has 0 unspecified atom stereocenters. The van der Waals surface area contributed by atoms with Gasteiger partial charge in [-0.05, 0) is 71.1 Å². The molecule has 5 rings (SSSR count). The topological polar surface area (TPSA) is 111 Å². The van der Waals surface area contributed by atoms with E-state index in [1.807, 2.05) is 60.7 Å². The number of carbonyl (C=O) groups is 2. The Hall–Kier alpha value is -5.22. The zero-order valence-electron chi connectivity index (χ0n) is 22.1. The summed E-state index contributed by atoms with van der Waals surface area (Å²) in [6.07, 6.45) is 1.59. The van der Waals surface area contributed by atoms with Gasteiger partial charge in [-0.3, -0.25) is 9.59 Å². The zero-order valence-corrected chi connectivity index (χ0v) is 22.9. The van der Waals surface area contributed by atoms with Crippen LogP contribution in [0.3, 0.4) is 0 Å². The van der Waals surface area contributed by atoms with Gasteiger partial charge in [0.25, 0.3) is 11.8 Å². The Morgan fingerprint density at radius 3 is 2.29 bits per heavy atom. The molecular weight excluding hydrogens is 536 g/mol. The molecule has 5 aromatic rings. The highest BCUT2D eigenvalue weighted by molar-refractivity contribution is 7.98. The summed E-state index contributed by atoms with van der Waals surface area (Å²) < 4.78 is 7.13. The summed E-state index contributed by atoms with van der Waals surface area (Å²) in [4.78, 5) is 27.2. The number of ether oxygens (including phenoxy) is 1. The first-order chi connectivity index (χ1) is 20.1. The molecule has 0 aliphatic carbocycles. The van der Waals surface area contributed by atoms with Crippen LogP contribution in [0.15, 0.2) is 120 Å². The van der Waals surface area contributed by atoms with Gasteiger partial charge in [-0.15, -0.1) is 16.9 Å². The molecule has 10 heteroatoms. The summed E-state index contributed by atoms with van der Waals surface area (Å²) >= 11 is 1.57. The average Bonchev–Trinajstić information content (AvgIpc) is 3.50. The fraction of sp³-hybridized carbons (Fsp3) is 0.0645. The quantitative estimate of drug-likeness (QED) is 0.174. The number of hydrogen-bond donors (Lipinski definition) is 2. The van der Waals surface area contributed by atoms with Gasteiger partial charge >= 0.3 is 0 Å². The van der Waals surface area contributed by atoms with Crippen LogP contribution in [0, 0.1) is 0 Å². The molecule has 0 radical (unpaired) electrons. The number of anilines is 1. The van der Waals surface area contributed by atoms with E-state index in [1.54, 1.807) is 78.2 Å². The number of carbonyl (C=O) groups excluding carboxylic acids is 2. The summed E-state index contributed by atoms with van der Waals surface area (Å²) in [5.41, 5.74) is 2.63. The normalized spacial score (nSPS) is 11.1. The maximum Gasteiger partial charge on any atom is 0.272 e. The molecule has 0 aliphatic rings. The lowest BCUT2D eigenvalue weighted by molar-refractivity contribution is -0.113. The highest BCUT2D eigenvalue weighted by Gasteiger charge is 2.16. The molecule has 204 valence electrons. The van der Waals surface area contributed by atoms with Crippen LogP contribution in [0.5, 0.6) is 5.75 Å². The van der Waals surface area contributed by atoms with Gasteiger partial charge in [0.2, 0.25) is 0 Å². The molecule has 41 heavy (non-hydrogen) atoms. The van der Waals surface area contributed by atoms with Crippen LogP contribution in [-0.4, -0.2) is 39.1 Å². The third-order valence-corrected chi connectivity index (χ3v) is 6.99. The minimum atomic E-state index is -0.470. The Balaban J connectivity index is 1.29. The molecule has 2 amide bonds. The number of amides is 2. The number of thioether (sulfide) groups is 1. The number of para-hydroxylation sites is 2. The Labute approximate surface area is 241 Å². The molecule has 0 aliphatic heterocycles. The van der Waals surface area contributed by atoms with Crippen molar-refractivity contribution in [1.82, 2.24) is 25.5 Å². The third-order valence-electron chi connectivity index (χ3n) is 5.98. The first-order valence-electron chi connectivity index (χ1n) is 12.7. The average molecular weight is 563 g/mol. The maximum absolute atomic E-state index is 13.4.